The minimum absolute atomic E-state index is 0.303. The van der Waals surface area contributed by atoms with Gasteiger partial charge in [-0.2, -0.15) is 0 Å². The van der Waals surface area contributed by atoms with E-state index in [1.165, 1.54) is 5.56 Å². The van der Waals surface area contributed by atoms with Crippen LogP contribution >= 0.6 is 0 Å². The summed E-state index contributed by atoms with van der Waals surface area (Å²) in [5.74, 6) is 0.781. The van der Waals surface area contributed by atoms with Crippen molar-refractivity contribution in [3.8, 4) is 11.3 Å². The van der Waals surface area contributed by atoms with Crippen LogP contribution in [0.4, 0.5) is 5.95 Å². The number of aryl methyl sites for hydroxylation is 1. The van der Waals surface area contributed by atoms with Crippen molar-refractivity contribution in [3.63, 3.8) is 0 Å². The van der Waals surface area contributed by atoms with Crippen molar-refractivity contribution in [1.29, 1.82) is 0 Å². The summed E-state index contributed by atoms with van der Waals surface area (Å²) in [5.41, 5.74) is 10.1. The number of piperidine rings is 1. The number of hydrogen-bond acceptors (Lipinski definition) is 5. The van der Waals surface area contributed by atoms with Crippen LogP contribution in [-0.4, -0.2) is 34.1 Å². The predicted molar refractivity (Wildman–Crippen MR) is 96.9 cm³/mol. The van der Waals surface area contributed by atoms with E-state index in [1.807, 2.05) is 18.5 Å². The van der Waals surface area contributed by atoms with Gasteiger partial charge in [0.05, 0.1) is 11.2 Å². The molecule has 2 N–H and O–H groups in total. The summed E-state index contributed by atoms with van der Waals surface area (Å²) in [7, 11) is 0. The van der Waals surface area contributed by atoms with E-state index in [0.717, 1.165) is 54.0 Å². The number of hydrogen-bond donors (Lipinski definition) is 1. The SMILES string of the molecule is Cc1cccc2cc(-c3ccnc(N4CCC(N)CC4)n3)cnc12. The first-order chi connectivity index (χ1) is 11.7. The molecular formula is C19H21N5. The van der Waals surface area contributed by atoms with Crippen LogP contribution in [0.2, 0.25) is 0 Å². The molecule has 0 unspecified atom stereocenters. The maximum atomic E-state index is 5.99. The zero-order chi connectivity index (χ0) is 16.5. The lowest BCUT2D eigenvalue weighted by atomic mass is 10.1. The summed E-state index contributed by atoms with van der Waals surface area (Å²) < 4.78 is 0. The van der Waals surface area contributed by atoms with Crippen LogP contribution in [0.15, 0.2) is 42.7 Å². The Morgan fingerprint density at radius 1 is 1.12 bits per heavy atom. The summed E-state index contributed by atoms with van der Waals surface area (Å²) in [6.45, 7) is 3.92. The van der Waals surface area contributed by atoms with Crippen molar-refractivity contribution >= 4 is 16.9 Å². The molecule has 0 spiro atoms. The number of para-hydroxylation sites is 1. The Labute approximate surface area is 141 Å². The summed E-state index contributed by atoms with van der Waals surface area (Å²) in [5, 5.41) is 1.14. The quantitative estimate of drug-likeness (QED) is 0.786. The lowest BCUT2D eigenvalue weighted by Gasteiger charge is -2.30. The first kappa shape index (κ1) is 15.0. The van der Waals surface area contributed by atoms with E-state index in [4.69, 9.17) is 10.7 Å². The maximum Gasteiger partial charge on any atom is 0.225 e. The molecule has 3 heterocycles. The van der Waals surface area contributed by atoms with Gasteiger partial charge in [0.2, 0.25) is 5.95 Å². The number of pyridine rings is 1. The van der Waals surface area contributed by atoms with Crippen molar-refractivity contribution in [3.05, 3.63) is 48.3 Å². The molecule has 0 radical (unpaired) electrons. The second-order valence-corrected chi connectivity index (χ2v) is 6.44. The van der Waals surface area contributed by atoms with Gasteiger partial charge in [-0.05, 0) is 37.5 Å². The van der Waals surface area contributed by atoms with E-state index < -0.39 is 0 Å². The number of anilines is 1. The average Bonchev–Trinajstić information content (AvgIpc) is 2.62. The van der Waals surface area contributed by atoms with Crippen LogP contribution in [0.1, 0.15) is 18.4 Å². The Hall–Kier alpha value is -2.53. The topological polar surface area (TPSA) is 67.9 Å². The second-order valence-electron chi connectivity index (χ2n) is 6.44. The third kappa shape index (κ3) is 2.83. The molecule has 3 aromatic rings. The fourth-order valence-corrected chi connectivity index (χ4v) is 3.21. The first-order valence-corrected chi connectivity index (χ1v) is 8.40. The molecule has 1 saturated heterocycles. The summed E-state index contributed by atoms with van der Waals surface area (Å²) in [6, 6.07) is 10.6. The molecule has 0 aliphatic carbocycles. The molecular weight excluding hydrogens is 298 g/mol. The molecule has 24 heavy (non-hydrogen) atoms. The highest BCUT2D eigenvalue weighted by molar-refractivity contribution is 5.85. The summed E-state index contributed by atoms with van der Waals surface area (Å²) >= 11 is 0. The van der Waals surface area contributed by atoms with Crippen molar-refractivity contribution in [2.75, 3.05) is 18.0 Å². The van der Waals surface area contributed by atoms with E-state index in [9.17, 15) is 0 Å². The van der Waals surface area contributed by atoms with Crippen molar-refractivity contribution in [2.24, 2.45) is 5.73 Å². The highest BCUT2D eigenvalue weighted by Crippen LogP contribution is 2.24. The third-order valence-corrected chi connectivity index (χ3v) is 4.67. The third-order valence-electron chi connectivity index (χ3n) is 4.67. The lowest BCUT2D eigenvalue weighted by Crippen LogP contribution is -2.40. The van der Waals surface area contributed by atoms with Gasteiger partial charge in [-0.3, -0.25) is 4.98 Å². The molecule has 5 heteroatoms. The molecule has 122 valence electrons. The van der Waals surface area contributed by atoms with Crippen LogP contribution in [0.25, 0.3) is 22.2 Å². The van der Waals surface area contributed by atoms with Gasteiger partial charge in [0.25, 0.3) is 0 Å². The Morgan fingerprint density at radius 2 is 1.96 bits per heavy atom. The first-order valence-electron chi connectivity index (χ1n) is 8.40. The molecule has 4 rings (SSSR count). The van der Waals surface area contributed by atoms with Crippen LogP contribution < -0.4 is 10.6 Å². The average molecular weight is 319 g/mol. The number of aromatic nitrogens is 3. The molecule has 2 aromatic heterocycles. The standard InChI is InChI=1S/C19H21N5/c1-13-3-2-4-14-11-15(12-22-18(13)14)17-5-8-21-19(23-17)24-9-6-16(20)7-10-24/h2-5,8,11-12,16H,6-7,9-10,20H2,1H3. The molecule has 1 aliphatic rings. The normalized spacial score (nSPS) is 15.8. The second kappa shape index (κ2) is 6.17. The Balaban J connectivity index is 1.68. The van der Waals surface area contributed by atoms with Gasteiger partial charge < -0.3 is 10.6 Å². The number of nitrogens with zero attached hydrogens (tertiary/aromatic N) is 4. The fourth-order valence-electron chi connectivity index (χ4n) is 3.21. The monoisotopic (exact) mass is 319 g/mol. The van der Waals surface area contributed by atoms with Crippen LogP contribution in [0, 0.1) is 6.92 Å². The van der Waals surface area contributed by atoms with Crippen molar-refractivity contribution in [2.45, 2.75) is 25.8 Å². The zero-order valence-corrected chi connectivity index (χ0v) is 13.8. The van der Waals surface area contributed by atoms with Crippen molar-refractivity contribution < 1.29 is 0 Å². The van der Waals surface area contributed by atoms with Gasteiger partial charge in [0, 0.05) is 42.5 Å². The Bertz CT molecular complexity index is 869. The number of rotatable bonds is 2. The van der Waals surface area contributed by atoms with Crippen molar-refractivity contribution in [1.82, 2.24) is 15.0 Å². The van der Waals surface area contributed by atoms with E-state index in [0.29, 0.717) is 6.04 Å². The van der Waals surface area contributed by atoms with Gasteiger partial charge in [-0.15, -0.1) is 0 Å². The van der Waals surface area contributed by atoms with E-state index in [2.05, 4.69) is 46.1 Å². The molecule has 0 atom stereocenters. The Kier molecular flexibility index (Phi) is 3.86. The molecule has 1 aromatic carbocycles. The van der Waals surface area contributed by atoms with Gasteiger partial charge in [-0.1, -0.05) is 18.2 Å². The molecule has 0 bridgehead atoms. The highest BCUT2D eigenvalue weighted by Gasteiger charge is 2.18. The number of fused-ring (bicyclic) bond motifs is 1. The largest absolute Gasteiger partial charge is 0.341 e. The lowest BCUT2D eigenvalue weighted by molar-refractivity contribution is 0.495. The van der Waals surface area contributed by atoms with Gasteiger partial charge in [-0.25, -0.2) is 9.97 Å². The molecule has 0 saturated carbocycles. The van der Waals surface area contributed by atoms with Gasteiger partial charge >= 0.3 is 0 Å². The van der Waals surface area contributed by atoms with Crippen LogP contribution in [-0.2, 0) is 0 Å². The van der Waals surface area contributed by atoms with Gasteiger partial charge in [0.15, 0.2) is 0 Å². The minimum Gasteiger partial charge on any atom is -0.341 e. The fraction of sp³-hybridized carbons (Fsp3) is 0.316. The molecule has 1 aliphatic heterocycles. The molecule has 1 fully saturated rings. The van der Waals surface area contributed by atoms with Crippen LogP contribution in [0.5, 0.6) is 0 Å². The highest BCUT2D eigenvalue weighted by atomic mass is 15.3. The summed E-state index contributed by atoms with van der Waals surface area (Å²) in [6.07, 6.45) is 5.70. The summed E-state index contributed by atoms with van der Waals surface area (Å²) in [4.78, 5) is 16.0. The van der Waals surface area contributed by atoms with E-state index >= 15 is 0 Å². The van der Waals surface area contributed by atoms with E-state index in [-0.39, 0.29) is 0 Å². The van der Waals surface area contributed by atoms with Gasteiger partial charge in [0.1, 0.15) is 0 Å². The number of nitrogens with two attached hydrogens (primary N) is 1. The Morgan fingerprint density at radius 3 is 2.79 bits per heavy atom. The minimum atomic E-state index is 0.303. The molecule has 0 amide bonds. The zero-order valence-electron chi connectivity index (χ0n) is 13.8. The van der Waals surface area contributed by atoms with Crippen LogP contribution in [0.3, 0.4) is 0 Å². The maximum absolute atomic E-state index is 5.99. The van der Waals surface area contributed by atoms with E-state index in [1.54, 1.807) is 0 Å². The smallest absolute Gasteiger partial charge is 0.225 e. The molecule has 5 nitrogen and oxygen atoms in total. The predicted octanol–water partition coefficient (Wildman–Crippen LogP) is 2.93. The number of benzene rings is 1.